The third kappa shape index (κ3) is 4.03. The molecule has 0 heterocycles. The van der Waals surface area contributed by atoms with Crippen LogP contribution >= 0.6 is 0 Å². The molecule has 0 fully saturated rings. The first-order valence-electron chi connectivity index (χ1n) is 9.63. The number of rotatable bonds is 6. The second-order valence-electron chi connectivity index (χ2n) is 7.11. The van der Waals surface area contributed by atoms with Gasteiger partial charge in [-0.1, -0.05) is 37.3 Å². The number of nitrogens with one attached hydrogen (secondary N) is 1. The lowest BCUT2D eigenvalue weighted by Crippen LogP contribution is -2.21. The van der Waals surface area contributed by atoms with Gasteiger partial charge in [0.1, 0.15) is 17.3 Å². The van der Waals surface area contributed by atoms with E-state index in [2.05, 4.69) is 5.32 Å². The number of Topliss-reactive ketones (excluding diaryl/α,β-unsaturated/α-hetero) is 1. The van der Waals surface area contributed by atoms with E-state index in [4.69, 9.17) is 9.47 Å². The number of anilines is 1. The highest BCUT2D eigenvalue weighted by molar-refractivity contribution is 6.04. The molecule has 1 aliphatic rings. The molecule has 0 saturated carbocycles. The summed E-state index contributed by atoms with van der Waals surface area (Å²) in [5.41, 5.74) is 1.09. The molecule has 1 amide bonds. The molecule has 1 N–H and O–H groups in total. The van der Waals surface area contributed by atoms with Gasteiger partial charge in [0.05, 0.1) is 11.3 Å². The zero-order valence-electron chi connectivity index (χ0n) is 16.4. The number of fused-ring (bicyclic) bond motifs is 1. The normalized spacial score (nSPS) is 14.9. The monoisotopic (exact) mass is 405 g/mol. The van der Waals surface area contributed by atoms with Gasteiger partial charge in [-0.25, -0.2) is 4.39 Å². The standard InChI is InChI=1S/C24H20FNO4/c1-15-13-19(27)24-21(12-11-17(25)23(15)24)29-14-22(28)26-18-9-5-6-10-20(18)30-16-7-3-2-4-8-16/h2-12,15H,13-14H2,1H3,(H,26,28)/t15-/m1/s1. The Morgan fingerprint density at radius 2 is 1.77 bits per heavy atom. The molecule has 6 heteroatoms. The number of amides is 1. The van der Waals surface area contributed by atoms with E-state index in [-0.39, 0.29) is 36.0 Å². The molecule has 152 valence electrons. The third-order valence-electron chi connectivity index (χ3n) is 4.91. The average Bonchev–Trinajstić information content (AvgIpc) is 3.05. The summed E-state index contributed by atoms with van der Waals surface area (Å²) in [4.78, 5) is 24.7. The molecule has 1 aliphatic carbocycles. The van der Waals surface area contributed by atoms with Gasteiger partial charge in [0.15, 0.2) is 18.1 Å². The Morgan fingerprint density at radius 1 is 1.03 bits per heavy atom. The van der Waals surface area contributed by atoms with Gasteiger partial charge >= 0.3 is 0 Å². The molecule has 0 spiro atoms. The number of ether oxygens (including phenoxy) is 2. The predicted molar refractivity (Wildman–Crippen MR) is 111 cm³/mol. The molecule has 0 radical (unpaired) electrons. The second kappa shape index (κ2) is 8.37. The van der Waals surface area contributed by atoms with Crippen LogP contribution in [0.3, 0.4) is 0 Å². The van der Waals surface area contributed by atoms with Crippen molar-refractivity contribution in [1.29, 1.82) is 0 Å². The van der Waals surface area contributed by atoms with E-state index >= 15 is 0 Å². The van der Waals surface area contributed by atoms with E-state index in [0.29, 0.717) is 22.7 Å². The summed E-state index contributed by atoms with van der Waals surface area (Å²) in [6, 6.07) is 18.9. The lowest BCUT2D eigenvalue weighted by molar-refractivity contribution is -0.118. The first-order chi connectivity index (χ1) is 14.5. The highest BCUT2D eigenvalue weighted by Crippen LogP contribution is 2.39. The molecular weight excluding hydrogens is 385 g/mol. The SMILES string of the molecule is C[C@@H]1CC(=O)c2c(OCC(=O)Nc3ccccc3Oc3ccccc3)ccc(F)c21. The van der Waals surface area contributed by atoms with Crippen LogP contribution in [-0.4, -0.2) is 18.3 Å². The number of ketones is 1. The minimum atomic E-state index is -0.424. The van der Waals surface area contributed by atoms with Crippen LogP contribution < -0.4 is 14.8 Å². The number of carbonyl (C=O) groups excluding carboxylic acids is 2. The summed E-state index contributed by atoms with van der Waals surface area (Å²) in [6.07, 6.45) is 0.239. The third-order valence-corrected chi connectivity index (χ3v) is 4.91. The molecule has 4 rings (SSSR count). The van der Waals surface area contributed by atoms with Crippen molar-refractivity contribution >= 4 is 17.4 Å². The van der Waals surface area contributed by atoms with Gasteiger partial charge in [0.25, 0.3) is 5.91 Å². The lowest BCUT2D eigenvalue weighted by atomic mass is 10.0. The lowest BCUT2D eigenvalue weighted by Gasteiger charge is -2.14. The fraction of sp³-hybridized carbons (Fsp3) is 0.167. The molecule has 1 atom stereocenters. The van der Waals surface area contributed by atoms with Gasteiger partial charge in [0, 0.05) is 12.0 Å². The Bertz CT molecular complexity index is 1100. The Balaban J connectivity index is 1.45. The maximum Gasteiger partial charge on any atom is 0.262 e. The van der Waals surface area contributed by atoms with Crippen LogP contribution in [0.25, 0.3) is 0 Å². The molecule has 0 saturated heterocycles. The van der Waals surface area contributed by atoms with Crippen LogP contribution in [0.4, 0.5) is 10.1 Å². The van der Waals surface area contributed by atoms with Gasteiger partial charge in [-0.15, -0.1) is 0 Å². The number of halogens is 1. The minimum Gasteiger partial charge on any atom is -0.483 e. The Labute approximate surface area is 173 Å². The van der Waals surface area contributed by atoms with Crippen molar-refractivity contribution in [2.24, 2.45) is 0 Å². The number of hydrogen-bond donors (Lipinski definition) is 1. The maximum absolute atomic E-state index is 14.1. The largest absolute Gasteiger partial charge is 0.483 e. The quantitative estimate of drug-likeness (QED) is 0.602. The zero-order valence-corrected chi connectivity index (χ0v) is 16.4. The van der Waals surface area contributed by atoms with Gasteiger partial charge in [-0.05, 0) is 42.3 Å². The van der Waals surface area contributed by atoms with Crippen molar-refractivity contribution in [2.45, 2.75) is 19.3 Å². The fourth-order valence-electron chi connectivity index (χ4n) is 3.55. The molecular formula is C24H20FNO4. The highest BCUT2D eigenvalue weighted by atomic mass is 19.1. The fourth-order valence-corrected chi connectivity index (χ4v) is 3.55. The van der Waals surface area contributed by atoms with Crippen molar-refractivity contribution in [2.75, 3.05) is 11.9 Å². The summed E-state index contributed by atoms with van der Waals surface area (Å²) in [5, 5.41) is 2.75. The van der Waals surface area contributed by atoms with Crippen LogP contribution in [0.1, 0.15) is 35.2 Å². The Morgan fingerprint density at radius 3 is 2.57 bits per heavy atom. The molecule has 0 bridgehead atoms. The topological polar surface area (TPSA) is 64.6 Å². The van der Waals surface area contributed by atoms with E-state index in [0.717, 1.165) is 0 Å². The summed E-state index contributed by atoms with van der Waals surface area (Å²) in [5.74, 6) is 0.141. The smallest absolute Gasteiger partial charge is 0.262 e. The summed E-state index contributed by atoms with van der Waals surface area (Å²) in [6.45, 7) is 1.48. The molecule has 0 aliphatic heterocycles. The average molecular weight is 405 g/mol. The van der Waals surface area contributed by atoms with Crippen molar-refractivity contribution in [3.05, 3.63) is 83.7 Å². The van der Waals surface area contributed by atoms with Crippen LogP contribution in [-0.2, 0) is 4.79 Å². The van der Waals surface area contributed by atoms with E-state index in [1.807, 2.05) is 30.3 Å². The van der Waals surface area contributed by atoms with Crippen LogP contribution in [0, 0.1) is 5.82 Å². The van der Waals surface area contributed by atoms with Gasteiger partial charge in [0.2, 0.25) is 0 Å². The Hall–Kier alpha value is -3.67. The summed E-state index contributed by atoms with van der Waals surface area (Å²) < 4.78 is 25.5. The van der Waals surface area contributed by atoms with Crippen LogP contribution in [0.5, 0.6) is 17.2 Å². The molecule has 30 heavy (non-hydrogen) atoms. The van der Waals surface area contributed by atoms with Crippen molar-refractivity contribution in [3.8, 4) is 17.2 Å². The molecule has 0 unspecified atom stereocenters. The van der Waals surface area contributed by atoms with E-state index in [1.54, 1.807) is 31.2 Å². The molecule has 0 aromatic heterocycles. The molecule has 3 aromatic carbocycles. The Kier molecular flexibility index (Phi) is 5.48. The van der Waals surface area contributed by atoms with E-state index in [1.165, 1.54) is 12.1 Å². The van der Waals surface area contributed by atoms with E-state index in [9.17, 15) is 14.0 Å². The highest BCUT2D eigenvalue weighted by Gasteiger charge is 2.32. The number of carbonyl (C=O) groups is 2. The van der Waals surface area contributed by atoms with Gasteiger partial charge < -0.3 is 14.8 Å². The number of hydrogen-bond acceptors (Lipinski definition) is 4. The zero-order chi connectivity index (χ0) is 21.1. The van der Waals surface area contributed by atoms with Gasteiger partial charge in [-0.2, -0.15) is 0 Å². The van der Waals surface area contributed by atoms with Crippen LogP contribution in [0.15, 0.2) is 66.7 Å². The summed E-state index contributed by atoms with van der Waals surface area (Å²) in [7, 11) is 0. The molecule has 3 aromatic rings. The number of benzene rings is 3. The molecule has 5 nitrogen and oxygen atoms in total. The van der Waals surface area contributed by atoms with Crippen molar-refractivity contribution in [1.82, 2.24) is 0 Å². The first kappa shape index (κ1) is 19.6. The first-order valence-corrected chi connectivity index (χ1v) is 9.63. The van der Waals surface area contributed by atoms with Crippen molar-refractivity contribution < 1.29 is 23.5 Å². The van der Waals surface area contributed by atoms with Crippen molar-refractivity contribution in [3.63, 3.8) is 0 Å². The predicted octanol–water partition coefficient (Wildman–Crippen LogP) is 5.33. The van der Waals surface area contributed by atoms with Gasteiger partial charge in [-0.3, -0.25) is 9.59 Å². The summed E-state index contributed by atoms with van der Waals surface area (Å²) >= 11 is 0. The second-order valence-corrected chi connectivity index (χ2v) is 7.11. The maximum atomic E-state index is 14.1. The van der Waals surface area contributed by atoms with Crippen LogP contribution in [0.2, 0.25) is 0 Å². The van der Waals surface area contributed by atoms with E-state index < -0.39 is 11.7 Å². The minimum absolute atomic E-state index is 0.172. The number of para-hydroxylation sites is 3.